The Kier molecular flexibility index (Phi) is 4.91. The minimum absolute atomic E-state index is 0.0746. The number of hydrogen-bond donors (Lipinski definition) is 0. The third-order valence-electron chi connectivity index (χ3n) is 5.57. The van der Waals surface area contributed by atoms with Gasteiger partial charge in [0.25, 0.3) is 0 Å². The van der Waals surface area contributed by atoms with Gasteiger partial charge < -0.3 is 23.8 Å². The summed E-state index contributed by atoms with van der Waals surface area (Å²) in [6.07, 6.45) is 2.04. The molecule has 0 aliphatic carbocycles. The van der Waals surface area contributed by atoms with Gasteiger partial charge >= 0.3 is 0 Å². The number of methoxy groups -OCH3 is 2. The molecule has 0 radical (unpaired) electrons. The summed E-state index contributed by atoms with van der Waals surface area (Å²) in [4.78, 5) is 17.2. The molecule has 7 nitrogen and oxygen atoms in total. The minimum Gasteiger partial charge on any atom is -0.496 e. The summed E-state index contributed by atoms with van der Waals surface area (Å²) in [5, 5.41) is 0. The van der Waals surface area contributed by atoms with Crippen molar-refractivity contribution in [1.82, 2.24) is 9.80 Å². The average Bonchev–Trinajstić information content (AvgIpc) is 2.94. The van der Waals surface area contributed by atoms with E-state index in [4.69, 9.17) is 18.9 Å². The second-order valence-corrected chi connectivity index (χ2v) is 7.16. The lowest BCUT2D eigenvalue weighted by Gasteiger charge is -2.35. The van der Waals surface area contributed by atoms with Crippen LogP contribution in [0, 0.1) is 5.92 Å². The van der Waals surface area contributed by atoms with E-state index < -0.39 is 0 Å². The van der Waals surface area contributed by atoms with Gasteiger partial charge in [-0.15, -0.1) is 0 Å². The Hall–Kier alpha value is -1.99. The highest BCUT2D eigenvalue weighted by molar-refractivity contribution is 5.80. The molecule has 0 unspecified atom stereocenters. The second-order valence-electron chi connectivity index (χ2n) is 7.16. The van der Waals surface area contributed by atoms with Crippen LogP contribution >= 0.6 is 0 Å². The number of piperidine rings is 1. The maximum atomic E-state index is 12.8. The first-order valence-electron chi connectivity index (χ1n) is 9.18. The zero-order valence-corrected chi connectivity index (χ0v) is 15.4. The molecule has 1 amide bonds. The molecule has 0 aromatic heterocycles. The Labute approximate surface area is 153 Å². The predicted molar refractivity (Wildman–Crippen MR) is 94.5 cm³/mol. The van der Waals surface area contributed by atoms with E-state index in [1.807, 2.05) is 17.0 Å². The summed E-state index contributed by atoms with van der Waals surface area (Å²) in [6, 6.07) is 4.15. The summed E-state index contributed by atoms with van der Waals surface area (Å²) < 4.78 is 21.7. The third kappa shape index (κ3) is 3.21. The Morgan fingerprint density at radius 2 is 1.96 bits per heavy atom. The fraction of sp³-hybridized carbons (Fsp3) is 0.632. The van der Waals surface area contributed by atoms with Crippen molar-refractivity contribution < 1.29 is 23.7 Å². The first-order chi connectivity index (χ1) is 12.7. The Bertz CT molecular complexity index is 680. The van der Waals surface area contributed by atoms with E-state index in [0.717, 1.165) is 55.3 Å². The summed E-state index contributed by atoms with van der Waals surface area (Å²) in [5.74, 6) is 2.64. The molecule has 3 saturated heterocycles. The van der Waals surface area contributed by atoms with Crippen molar-refractivity contribution in [2.45, 2.75) is 25.4 Å². The van der Waals surface area contributed by atoms with Crippen molar-refractivity contribution in [2.75, 3.05) is 47.3 Å². The molecule has 1 aromatic rings. The number of benzene rings is 1. The maximum Gasteiger partial charge on any atom is 0.231 e. The van der Waals surface area contributed by atoms with Gasteiger partial charge in [0.1, 0.15) is 5.75 Å². The number of hydrogen-bond acceptors (Lipinski definition) is 6. The van der Waals surface area contributed by atoms with Gasteiger partial charge in [0.05, 0.1) is 19.6 Å². The van der Waals surface area contributed by atoms with Gasteiger partial charge in [0.15, 0.2) is 11.5 Å². The molecule has 26 heavy (non-hydrogen) atoms. The monoisotopic (exact) mass is 362 g/mol. The molecule has 0 spiro atoms. The zero-order valence-electron chi connectivity index (χ0n) is 15.4. The second kappa shape index (κ2) is 7.32. The molecule has 0 N–H and O–H groups in total. The van der Waals surface area contributed by atoms with E-state index >= 15 is 0 Å². The van der Waals surface area contributed by atoms with Crippen molar-refractivity contribution in [1.29, 1.82) is 0 Å². The lowest BCUT2D eigenvalue weighted by atomic mass is 9.94. The van der Waals surface area contributed by atoms with Crippen LogP contribution in [0.15, 0.2) is 12.1 Å². The topological polar surface area (TPSA) is 60.5 Å². The summed E-state index contributed by atoms with van der Waals surface area (Å²) in [7, 11) is 3.35. The maximum absolute atomic E-state index is 12.8. The van der Waals surface area contributed by atoms with Crippen LogP contribution in [-0.2, 0) is 16.1 Å². The number of amides is 1. The van der Waals surface area contributed by atoms with Gasteiger partial charge in [0, 0.05) is 51.0 Å². The van der Waals surface area contributed by atoms with Crippen molar-refractivity contribution in [3.05, 3.63) is 17.7 Å². The first kappa shape index (κ1) is 17.4. The van der Waals surface area contributed by atoms with Crippen molar-refractivity contribution in [3.8, 4) is 17.2 Å². The predicted octanol–water partition coefficient (Wildman–Crippen LogP) is 1.49. The van der Waals surface area contributed by atoms with Crippen LogP contribution in [0.1, 0.15) is 18.4 Å². The lowest BCUT2D eigenvalue weighted by molar-refractivity contribution is -0.140. The van der Waals surface area contributed by atoms with Gasteiger partial charge in [-0.3, -0.25) is 9.69 Å². The number of nitrogens with zero attached hydrogens (tertiary/aromatic N) is 2. The first-order valence-corrected chi connectivity index (χ1v) is 9.18. The molecular weight excluding hydrogens is 336 g/mol. The van der Waals surface area contributed by atoms with Crippen LogP contribution in [0.25, 0.3) is 0 Å². The summed E-state index contributed by atoms with van der Waals surface area (Å²) in [5.41, 5.74) is 1.06. The van der Waals surface area contributed by atoms with E-state index in [9.17, 15) is 4.79 Å². The van der Waals surface area contributed by atoms with E-state index in [2.05, 4.69) is 4.90 Å². The smallest absolute Gasteiger partial charge is 0.231 e. The SMILES string of the molecule is COCCN1C(=O)[C@@H]2CC[C@H]1CN(Cc1cc3c(cc1OC)OCO3)C2. The quantitative estimate of drug-likeness (QED) is 0.764. The molecule has 1 aromatic carbocycles. The zero-order chi connectivity index (χ0) is 18.1. The molecule has 5 rings (SSSR count). The highest BCUT2D eigenvalue weighted by Gasteiger charge is 2.40. The molecule has 142 valence electrons. The molecule has 0 saturated carbocycles. The number of fused-ring (bicyclic) bond motifs is 5. The molecule has 2 bridgehead atoms. The van der Waals surface area contributed by atoms with E-state index in [-0.39, 0.29) is 24.7 Å². The fourth-order valence-electron chi connectivity index (χ4n) is 4.26. The van der Waals surface area contributed by atoms with E-state index in [1.54, 1.807) is 14.2 Å². The van der Waals surface area contributed by atoms with Gasteiger partial charge in [-0.1, -0.05) is 0 Å². The molecule has 4 aliphatic rings. The standard InChI is InChI=1S/C19H26N2O5/c1-23-6-5-21-15-4-3-13(19(21)22)9-20(11-15)10-14-7-17-18(26-12-25-17)8-16(14)24-2/h7-8,13,15H,3-6,9-12H2,1-2H3/t13-,15+/m1/s1. The van der Waals surface area contributed by atoms with E-state index in [1.165, 1.54) is 0 Å². The summed E-state index contributed by atoms with van der Waals surface area (Å²) in [6.45, 7) is 3.92. The van der Waals surface area contributed by atoms with Crippen LogP contribution in [0.2, 0.25) is 0 Å². The van der Waals surface area contributed by atoms with Gasteiger partial charge in [-0.05, 0) is 18.9 Å². The van der Waals surface area contributed by atoms with Crippen LogP contribution < -0.4 is 14.2 Å². The normalized spacial score (nSPS) is 24.8. The Morgan fingerprint density at radius 1 is 1.15 bits per heavy atom. The molecule has 4 heterocycles. The fourth-order valence-corrected chi connectivity index (χ4v) is 4.26. The highest BCUT2D eigenvalue weighted by Crippen LogP contribution is 2.39. The highest BCUT2D eigenvalue weighted by atomic mass is 16.7. The van der Waals surface area contributed by atoms with Crippen LogP contribution in [0.5, 0.6) is 17.2 Å². The number of carbonyl (C=O) groups is 1. The third-order valence-corrected chi connectivity index (χ3v) is 5.57. The van der Waals surface area contributed by atoms with Crippen molar-refractivity contribution in [3.63, 3.8) is 0 Å². The van der Waals surface area contributed by atoms with Crippen molar-refractivity contribution in [2.24, 2.45) is 5.92 Å². The number of rotatable bonds is 6. The molecule has 4 aliphatic heterocycles. The van der Waals surface area contributed by atoms with E-state index in [0.29, 0.717) is 13.2 Å². The summed E-state index contributed by atoms with van der Waals surface area (Å²) >= 11 is 0. The Balaban J connectivity index is 1.52. The number of ether oxygens (including phenoxy) is 4. The van der Waals surface area contributed by atoms with Crippen LogP contribution in [0.3, 0.4) is 0 Å². The van der Waals surface area contributed by atoms with Gasteiger partial charge in [-0.25, -0.2) is 0 Å². The molecular formula is C19H26N2O5. The van der Waals surface area contributed by atoms with Crippen LogP contribution in [-0.4, -0.2) is 69.0 Å². The van der Waals surface area contributed by atoms with Gasteiger partial charge in [-0.2, -0.15) is 0 Å². The van der Waals surface area contributed by atoms with Gasteiger partial charge in [0.2, 0.25) is 12.7 Å². The molecule has 2 atom stereocenters. The average molecular weight is 362 g/mol. The Morgan fingerprint density at radius 3 is 2.73 bits per heavy atom. The molecule has 3 fully saturated rings. The number of carbonyl (C=O) groups excluding carboxylic acids is 1. The van der Waals surface area contributed by atoms with Crippen molar-refractivity contribution >= 4 is 5.91 Å². The largest absolute Gasteiger partial charge is 0.496 e. The molecule has 7 heteroatoms. The van der Waals surface area contributed by atoms with Crippen LogP contribution in [0.4, 0.5) is 0 Å². The lowest BCUT2D eigenvalue weighted by Crippen LogP contribution is -2.49. The minimum atomic E-state index is 0.0746.